The largest absolute Gasteiger partial charge is 0.544 e. The SMILES string of the molecule is CC(=O)c1ccc(-c2ccc(/C=C(/Sc3nnc(C)o3)C(=O)[O-])o2)cc1. The first-order chi connectivity index (χ1) is 12.4. The molecule has 0 fully saturated rings. The van der Waals surface area contributed by atoms with Crippen molar-refractivity contribution < 1.29 is 23.5 Å². The number of carboxylic acid groups (broad SMARTS) is 1. The van der Waals surface area contributed by atoms with Gasteiger partial charge in [0.15, 0.2) is 5.78 Å². The third kappa shape index (κ3) is 4.09. The Labute approximate surface area is 152 Å². The van der Waals surface area contributed by atoms with Gasteiger partial charge in [0.1, 0.15) is 11.5 Å². The second kappa shape index (κ2) is 7.40. The maximum absolute atomic E-state index is 11.3. The van der Waals surface area contributed by atoms with Gasteiger partial charge in [0.2, 0.25) is 5.89 Å². The summed E-state index contributed by atoms with van der Waals surface area (Å²) in [6, 6.07) is 10.3. The van der Waals surface area contributed by atoms with Gasteiger partial charge in [-0.25, -0.2) is 0 Å². The first-order valence-corrected chi connectivity index (χ1v) is 8.36. The van der Waals surface area contributed by atoms with Crippen molar-refractivity contribution in [3.8, 4) is 11.3 Å². The third-order valence-electron chi connectivity index (χ3n) is 3.38. The topological polar surface area (TPSA) is 109 Å². The Hall–Kier alpha value is -3.13. The van der Waals surface area contributed by atoms with Gasteiger partial charge in [0, 0.05) is 23.0 Å². The third-order valence-corrected chi connectivity index (χ3v) is 4.23. The Balaban J connectivity index is 1.83. The Kier molecular flexibility index (Phi) is 5.04. The van der Waals surface area contributed by atoms with Crippen molar-refractivity contribution in [1.82, 2.24) is 10.2 Å². The first-order valence-electron chi connectivity index (χ1n) is 7.54. The number of carbonyl (C=O) groups is 2. The molecule has 0 spiro atoms. The van der Waals surface area contributed by atoms with Crippen molar-refractivity contribution in [3.63, 3.8) is 0 Å². The normalized spacial score (nSPS) is 11.5. The summed E-state index contributed by atoms with van der Waals surface area (Å²) in [5, 5.41) is 18.8. The number of aryl methyl sites for hydroxylation is 1. The van der Waals surface area contributed by atoms with E-state index >= 15 is 0 Å². The zero-order valence-electron chi connectivity index (χ0n) is 13.9. The fourth-order valence-corrected chi connectivity index (χ4v) is 2.82. The average Bonchev–Trinajstić information content (AvgIpc) is 3.23. The Morgan fingerprint density at radius 3 is 2.38 bits per heavy atom. The predicted molar refractivity (Wildman–Crippen MR) is 92.0 cm³/mol. The van der Waals surface area contributed by atoms with E-state index in [0.29, 0.717) is 23.0 Å². The van der Waals surface area contributed by atoms with Gasteiger partial charge in [-0.15, -0.1) is 10.2 Å². The second-order valence-corrected chi connectivity index (χ2v) is 6.31. The van der Waals surface area contributed by atoms with E-state index in [-0.39, 0.29) is 15.9 Å². The van der Waals surface area contributed by atoms with Crippen LogP contribution >= 0.6 is 11.8 Å². The smallest absolute Gasteiger partial charge is 0.281 e. The number of aromatic nitrogens is 2. The maximum atomic E-state index is 11.3. The molecule has 0 N–H and O–H groups in total. The molecule has 0 bridgehead atoms. The summed E-state index contributed by atoms with van der Waals surface area (Å²) in [5.74, 6) is -0.193. The molecule has 0 aliphatic rings. The van der Waals surface area contributed by atoms with Crippen LogP contribution in [0.3, 0.4) is 0 Å². The molecule has 2 aromatic heterocycles. The van der Waals surface area contributed by atoms with Gasteiger partial charge < -0.3 is 18.7 Å². The van der Waals surface area contributed by atoms with Crippen molar-refractivity contribution in [1.29, 1.82) is 0 Å². The molecule has 132 valence electrons. The molecule has 1 aromatic carbocycles. The number of ketones is 1. The molecule has 0 atom stereocenters. The number of hydrogen-bond acceptors (Lipinski definition) is 8. The number of thioether (sulfide) groups is 1. The average molecular weight is 369 g/mol. The highest BCUT2D eigenvalue weighted by atomic mass is 32.2. The van der Waals surface area contributed by atoms with Gasteiger partial charge in [-0.3, -0.25) is 4.79 Å². The Morgan fingerprint density at radius 1 is 1.08 bits per heavy atom. The van der Waals surface area contributed by atoms with Crippen LogP contribution in [0.1, 0.15) is 28.9 Å². The van der Waals surface area contributed by atoms with Gasteiger partial charge in [-0.1, -0.05) is 24.3 Å². The van der Waals surface area contributed by atoms with E-state index in [1.165, 1.54) is 13.0 Å². The van der Waals surface area contributed by atoms with Crippen LogP contribution in [0.5, 0.6) is 0 Å². The Bertz CT molecular complexity index is 985. The molecule has 0 radical (unpaired) electrons. The molecular weight excluding hydrogens is 356 g/mol. The highest BCUT2D eigenvalue weighted by Crippen LogP contribution is 2.29. The number of aliphatic carboxylic acids is 1. The van der Waals surface area contributed by atoms with Crippen molar-refractivity contribution in [2.75, 3.05) is 0 Å². The quantitative estimate of drug-likeness (QED) is 0.371. The zero-order valence-corrected chi connectivity index (χ0v) is 14.7. The number of nitrogens with zero attached hydrogens (tertiary/aromatic N) is 2. The molecule has 7 nitrogen and oxygen atoms in total. The minimum atomic E-state index is -1.38. The summed E-state index contributed by atoms with van der Waals surface area (Å²) in [4.78, 5) is 22.5. The van der Waals surface area contributed by atoms with Gasteiger partial charge in [-0.05, 0) is 36.9 Å². The standard InChI is InChI=1S/C18H14N2O5S/c1-10(21)12-3-5-13(6-4-12)15-8-7-14(25-15)9-16(17(22)23)26-18-20-19-11(2)24-18/h3-9H,1-2H3,(H,22,23)/p-1/b16-9+. The summed E-state index contributed by atoms with van der Waals surface area (Å²) in [6.07, 6.45) is 1.33. The summed E-state index contributed by atoms with van der Waals surface area (Å²) in [5.41, 5.74) is 1.37. The van der Waals surface area contributed by atoms with Gasteiger partial charge in [0.25, 0.3) is 5.22 Å². The van der Waals surface area contributed by atoms with Crippen LogP contribution in [0.25, 0.3) is 17.4 Å². The fraction of sp³-hybridized carbons (Fsp3) is 0.111. The molecule has 3 rings (SSSR count). The van der Waals surface area contributed by atoms with E-state index in [1.807, 2.05) is 0 Å². The van der Waals surface area contributed by atoms with Crippen molar-refractivity contribution in [2.45, 2.75) is 19.1 Å². The van der Waals surface area contributed by atoms with Gasteiger partial charge >= 0.3 is 0 Å². The van der Waals surface area contributed by atoms with Crippen LogP contribution < -0.4 is 5.11 Å². The molecule has 0 amide bonds. The Morgan fingerprint density at radius 2 is 1.81 bits per heavy atom. The number of rotatable bonds is 6. The fourth-order valence-electron chi connectivity index (χ4n) is 2.13. The summed E-state index contributed by atoms with van der Waals surface area (Å²) < 4.78 is 10.8. The highest BCUT2D eigenvalue weighted by molar-refractivity contribution is 8.03. The van der Waals surface area contributed by atoms with Crippen LogP contribution in [-0.2, 0) is 4.79 Å². The summed E-state index contributed by atoms with van der Waals surface area (Å²) >= 11 is 0.784. The lowest BCUT2D eigenvalue weighted by Crippen LogP contribution is -2.22. The van der Waals surface area contributed by atoms with Crippen LogP contribution in [0.2, 0.25) is 0 Å². The van der Waals surface area contributed by atoms with E-state index in [2.05, 4.69) is 10.2 Å². The molecule has 3 aromatic rings. The van der Waals surface area contributed by atoms with E-state index < -0.39 is 5.97 Å². The number of Topliss-reactive ketones (excluding diaryl/α,β-unsaturated/α-hetero) is 1. The monoisotopic (exact) mass is 369 g/mol. The molecular formula is C18H13N2O5S-. The molecule has 2 heterocycles. The predicted octanol–water partition coefficient (Wildman–Crippen LogP) is 2.72. The lowest BCUT2D eigenvalue weighted by molar-refractivity contribution is -0.298. The molecule has 0 saturated carbocycles. The maximum Gasteiger partial charge on any atom is 0.281 e. The van der Waals surface area contributed by atoms with E-state index in [1.54, 1.807) is 43.3 Å². The number of carboxylic acids is 1. The minimum absolute atomic E-state index is 0.0218. The van der Waals surface area contributed by atoms with Crippen LogP contribution in [0, 0.1) is 6.92 Å². The number of furan rings is 1. The second-order valence-electron chi connectivity index (χ2n) is 5.32. The molecule has 26 heavy (non-hydrogen) atoms. The van der Waals surface area contributed by atoms with Crippen molar-refractivity contribution >= 4 is 29.6 Å². The van der Waals surface area contributed by atoms with E-state index in [4.69, 9.17) is 8.83 Å². The van der Waals surface area contributed by atoms with E-state index in [9.17, 15) is 14.7 Å². The molecule has 0 saturated heterocycles. The van der Waals surface area contributed by atoms with Crippen LogP contribution in [0.4, 0.5) is 0 Å². The first kappa shape index (κ1) is 17.7. The zero-order chi connectivity index (χ0) is 18.7. The lowest BCUT2D eigenvalue weighted by Gasteiger charge is -2.04. The van der Waals surface area contributed by atoms with Crippen LogP contribution in [0.15, 0.2) is 55.4 Å². The number of hydrogen-bond donors (Lipinski definition) is 0. The lowest BCUT2D eigenvalue weighted by atomic mass is 10.1. The molecule has 8 heteroatoms. The number of carbonyl (C=O) groups excluding carboxylic acids is 2. The van der Waals surface area contributed by atoms with Gasteiger partial charge in [-0.2, -0.15) is 0 Å². The van der Waals surface area contributed by atoms with Crippen molar-refractivity contribution in [3.05, 3.63) is 58.5 Å². The minimum Gasteiger partial charge on any atom is -0.544 e. The summed E-state index contributed by atoms with van der Waals surface area (Å²) in [7, 11) is 0. The molecule has 0 unspecified atom stereocenters. The van der Waals surface area contributed by atoms with E-state index in [0.717, 1.165) is 17.3 Å². The van der Waals surface area contributed by atoms with Gasteiger partial charge in [0.05, 0.1) is 5.97 Å². The summed E-state index contributed by atoms with van der Waals surface area (Å²) in [6.45, 7) is 3.10. The van der Waals surface area contributed by atoms with Crippen molar-refractivity contribution in [2.24, 2.45) is 0 Å². The molecule has 0 aliphatic heterocycles. The highest BCUT2D eigenvalue weighted by Gasteiger charge is 2.11. The van der Waals surface area contributed by atoms with Crippen LogP contribution in [-0.4, -0.2) is 21.9 Å². The number of benzene rings is 1. The molecule has 0 aliphatic carbocycles.